The van der Waals surface area contributed by atoms with Crippen molar-refractivity contribution in [2.24, 2.45) is 0 Å². The summed E-state index contributed by atoms with van der Waals surface area (Å²) < 4.78 is 2.27. The maximum Gasteiger partial charge on any atom is 0.0669 e. The van der Waals surface area contributed by atoms with Crippen molar-refractivity contribution in [2.75, 3.05) is 0 Å². The van der Waals surface area contributed by atoms with E-state index in [0.29, 0.717) is 6.32 Å². The van der Waals surface area contributed by atoms with E-state index in [-0.39, 0.29) is 5.41 Å². The summed E-state index contributed by atoms with van der Waals surface area (Å²) in [5.74, 6) is 0. The van der Waals surface area contributed by atoms with Crippen LogP contribution in [0.1, 0.15) is 50.2 Å². The van der Waals surface area contributed by atoms with Crippen molar-refractivity contribution in [3.63, 3.8) is 0 Å². The third kappa shape index (κ3) is 3.07. The molecule has 0 fully saturated rings. The van der Waals surface area contributed by atoms with Gasteiger partial charge in [0.1, 0.15) is 0 Å². The lowest BCUT2D eigenvalue weighted by Gasteiger charge is -2.32. The molecule has 118 valence electrons. The summed E-state index contributed by atoms with van der Waals surface area (Å²) in [4.78, 5) is 0. The Bertz CT molecular complexity index is 657. The largest absolute Gasteiger partial charge is 0.0751 e. The van der Waals surface area contributed by atoms with Crippen LogP contribution in [0.15, 0.2) is 45.3 Å². The van der Waals surface area contributed by atoms with Crippen molar-refractivity contribution in [2.45, 2.75) is 50.8 Å². The first-order valence-electron chi connectivity index (χ1n) is 8.43. The third-order valence-electron chi connectivity index (χ3n) is 5.09. The molecule has 1 aliphatic carbocycles. The lowest BCUT2D eigenvalue weighted by atomic mass is 9.66. The van der Waals surface area contributed by atoms with Gasteiger partial charge in [-0.2, -0.15) is 0 Å². The summed E-state index contributed by atoms with van der Waals surface area (Å²) in [5, 5.41) is 0. The average molecular weight is 432 g/mol. The Hall–Kier alpha value is -0.535. The smallest absolute Gasteiger partial charge is 0.0669 e. The fraction of sp³-hybridized carbons (Fsp3) is 0.400. The molecule has 2 aromatic rings. The summed E-state index contributed by atoms with van der Waals surface area (Å²) in [5.41, 5.74) is 5.41. The summed E-state index contributed by atoms with van der Waals surface area (Å²) in [6.45, 7) is 2.26. The predicted octanol–water partition coefficient (Wildman–Crippen LogP) is 7.04. The lowest BCUT2D eigenvalue weighted by Crippen LogP contribution is -2.24. The standard InChI is InChI=1S/C20H21BBr2/c1-2-3-4-5-10-20(13-21)18-11-14(22)6-8-16(18)17-9-7-15(23)12-19(17)20/h6-9,11-12H,2-5,10,13H2,1H3. The van der Waals surface area contributed by atoms with Crippen LogP contribution < -0.4 is 0 Å². The topological polar surface area (TPSA) is 0 Å². The van der Waals surface area contributed by atoms with Gasteiger partial charge in [0.25, 0.3) is 0 Å². The van der Waals surface area contributed by atoms with Gasteiger partial charge < -0.3 is 0 Å². The van der Waals surface area contributed by atoms with E-state index in [1.807, 2.05) is 0 Å². The second kappa shape index (κ2) is 7.15. The SMILES string of the molecule is [B]CC1(CCCCCC)c2cc(Br)ccc2-c2ccc(Br)cc21. The zero-order chi connectivity index (χ0) is 16.4. The van der Waals surface area contributed by atoms with Crippen molar-refractivity contribution in [1.29, 1.82) is 0 Å². The second-order valence-corrected chi connectivity index (χ2v) is 8.31. The molecule has 0 saturated heterocycles. The molecule has 0 amide bonds. The van der Waals surface area contributed by atoms with Gasteiger partial charge in [0.2, 0.25) is 0 Å². The minimum absolute atomic E-state index is 0.0496. The maximum absolute atomic E-state index is 6.38. The molecule has 2 radical (unpaired) electrons. The fourth-order valence-corrected chi connectivity index (χ4v) is 4.61. The number of fused-ring (bicyclic) bond motifs is 3. The number of rotatable bonds is 6. The van der Waals surface area contributed by atoms with Crippen LogP contribution in [0.25, 0.3) is 11.1 Å². The van der Waals surface area contributed by atoms with Crippen LogP contribution in [0.4, 0.5) is 0 Å². The summed E-state index contributed by atoms with van der Waals surface area (Å²) >= 11 is 7.30. The normalized spacial score (nSPS) is 14.6. The van der Waals surface area contributed by atoms with E-state index in [0.717, 1.165) is 15.4 Å². The van der Waals surface area contributed by atoms with Gasteiger partial charge in [-0.15, -0.1) is 0 Å². The maximum atomic E-state index is 6.38. The molecule has 23 heavy (non-hydrogen) atoms. The quantitative estimate of drug-likeness (QED) is 0.340. The van der Waals surface area contributed by atoms with Crippen LogP contribution in [0.5, 0.6) is 0 Å². The van der Waals surface area contributed by atoms with E-state index in [1.165, 1.54) is 47.9 Å². The van der Waals surface area contributed by atoms with Gasteiger partial charge in [0.15, 0.2) is 0 Å². The summed E-state index contributed by atoms with van der Waals surface area (Å²) in [6.07, 6.45) is 6.85. The first kappa shape index (κ1) is 17.3. The third-order valence-corrected chi connectivity index (χ3v) is 6.08. The molecular weight excluding hydrogens is 411 g/mol. The minimum atomic E-state index is -0.0496. The van der Waals surface area contributed by atoms with Gasteiger partial charge >= 0.3 is 0 Å². The number of hydrogen-bond donors (Lipinski definition) is 0. The molecule has 0 aromatic heterocycles. The summed E-state index contributed by atoms with van der Waals surface area (Å²) in [6, 6.07) is 13.3. The van der Waals surface area contributed by atoms with E-state index in [9.17, 15) is 0 Å². The van der Waals surface area contributed by atoms with Crippen LogP contribution >= 0.6 is 31.9 Å². The van der Waals surface area contributed by atoms with E-state index in [4.69, 9.17) is 7.85 Å². The summed E-state index contributed by atoms with van der Waals surface area (Å²) in [7, 11) is 6.38. The monoisotopic (exact) mass is 430 g/mol. The molecule has 3 heteroatoms. The van der Waals surface area contributed by atoms with Crippen LogP contribution in [0, 0.1) is 0 Å². The highest BCUT2D eigenvalue weighted by Gasteiger charge is 2.41. The van der Waals surface area contributed by atoms with Crippen LogP contribution in [0.2, 0.25) is 6.32 Å². The first-order valence-corrected chi connectivity index (χ1v) is 10.0. The number of hydrogen-bond acceptors (Lipinski definition) is 0. The molecule has 3 rings (SSSR count). The molecule has 1 aliphatic rings. The van der Waals surface area contributed by atoms with Gasteiger partial charge in [0.05, 0.1) is 7.85 Å². The Kier molecular flexibility index (Phi) is 5.37. The Labute approximate surface area is 157 Å². The Morgan fingerprint density at radius 3 is 1.91 bits per heavy atom. The van der Waals surface area contributed by atoms with Gasteiger partial charge in [-0.3, -0.25) is 0 Å². The van der Waals surface area contributed by atoms with E-state index < -0.39 is 0 Å². The minimum Gasteiger partial charge on any atom is -0.0751 e. The molecule has 0 bridgehead atoms. The second-order valence-electron chi connectivity index (χ2n) is 6.48. The van der Waals surface area contributed by atoms with Crippen LogP contribution in [-0.2, 0) is 5.41 Å². The molecular formula is C20H21BBr2. The zero-order valence-electron chi connectivity index (χ0n) is 13.5. The van der Waals surface area contributed by atoms with E-state index >= 15 is 0 Å². The molecule has 2 aromatic carbocycles. The Morgan fingerprint density at radius 2 is 1.43 bits per heavy atom. The molecule has 0 atom stereocenters. The van der Waals surface area contributed by atoms with Crippen molar-refractivity contribution in [3.05, 3.63) is 56.5 Å². The van der Waals surface area contributed by atoms with Crippen molar-refractivity contribution in [3.8, 4) is 11.1 Å². The van der Waals surface area contributed by atoms with Crippen LogP contribution in [-0.4, -0.2) is 7.85 Å². The average Bonchev–Trinajstić information content (AvgIpc) is 2.81. The molecule has 0 saturated carbocycles. The first-order chi connectivity index (χ1) is 11.1. The van der Waals surface area contributed by atoms with Crippen LogP contribution in [0.3, 0.4) is 0 Å². The molecule has 0 N–H and O–H groups in total. The van der Waals surface area contributed by atoms with Crippen molar-refractivity contribution < 1.29 is 0 Å². The lowest BCUT2D eigenvalue weighted by molar-refractivity contribution is 0.487. The zero-order valence-corrected chi connectivity index (χ0v) is 16.7. The molecule has 0 aliphatic heterocycles. The van der Waals surface area contributed by atoms with Gasteiger partial charge in [-0.1, -0.05) is 82.9 Å². The fourth-order valence-electron chi connectivity index (χ4n) is 3.88. The highest BCUT2D eigenvalue weighted by Crippen LogP contribution is 2.54. The molecule has 0 nitrogen and oxygen atoms in total. The van der Waals surface area contributed by atoms with Gasteiger partial charge in [-0.05, 0) is 52.9 Å². The Morgan fingerprint density at radius 1 is 0.870 bits per heavy atom. The Balaban J connectivity index is 2.10. The number of halogens is 2. The van der Waals surface area contributed by atoms with E-state index in [1.54, 1.807) is 0 Å². The van der Waals surface area contributed by atoms with Crippen molar-refractivity contribution >= 4 is 39.7 Å². The highest BCUT2D eigenvalue weighted by molar-refractivity contribution is 9.10. The molecule has 0 spiro atoms. The van der Waals surface area contributed by atoms with Gasteiger partial charge in [-0.25, -0.2) is 0 Å². The molecule has 0 heterocycles. The van der Waals surface area contributed by atoms with E-state index in [2.05, 4.69) is 75.2 Å². The van der Waals surface area contributed by atoms with Crippen molar-refractivity contribution in [1.82, 2.24) is 0 Å². The number of unbranched alkanes of at least 4 members (excludes halogenated alkanes) is 3. The number of benzene rings is 2. The van der Waals surface area contributed by atoms with Gasteiger partial charge in [0, 0.05) is 14.4 Å². The highest BCUT2D eigenvalue weighted by atomic mass is 79.9. The molecule has 0 unspecified atom stereocenters. The predicted molar refractivity (Wildman–Crippen MR) is 107 cm³/mol.